The van der Waals surface area contributed by atoms with Gasteiger partial charge in [0.25, 0.3) is 0 Å². The van der Waals surface area contributed by atoms with Gasteiger partial charge in [-0.25, -0.2) is 0 Å². The summed E-state index contributed by atoms with van der Waals surface area (Å²) in [5.74, 6) is 1.47. The van der Waals surface area contributed by atoms with Crippen LogP contribution in [0.1, 0.15) is 12.5 Å². The molecule has 17 heavy (non-hydrogen) atoms. The molecule has 0 aliphatic carbocycles. The number of hydrogen-bond acceptors (Lipinski definition) is 3. The SMILES string of the molecule is C=C(Br)COc1ccc(CNCC)cc1OC. The molecule has 1 aromatic rings. The molecule has 0 saturated heterocycles. The second-order valence-electron chi connectivity index (χ2n) is 3.57. The average Bonchev–Trinajstić information content (AvgIpc) is 2.34. The van der Waals surface area contributed by atoms with Gasteiger partial charge in [-0.3, -0.25) is 0 Å². The van der Waals surface area contributed by atoms with Gasteiger partial charge in [-0.05, 0) is 24.2 Å². The zero-order valence-electron chi connectivity index (χ0n) is 10.3. The molecule has 0 heterocycles. The minimum atomic E-state index is 0.433. The Morgan fingerprint density at radius 3 is 2.76 bits per heavy atom. The second kappa shape index (κ2) is 7.35. The molecule has 0 unspecified atom stereocenters. The maximum absolute atomic E-state index is 5.56. The van der Waals surface area contributed by atoms with Crippen molar-refractivity contribution < 1.29 is 9.47 Å². The first-order chi connectivity index (χ1) is 8.17. The zero-order chi connectivity index (χ0) is 12.7. The molecule has 0 aliphatic rings. The van der Waals surface area contributed by atoms with Crippen molar-refractivity contribution >= 4 is 15.9 Å². The van der Waals surface area contributed by atoms with Crippen molar-refractivity contribution in [3.8, 4) is 11.5 Å². The lowest BCUT2D eigenvalue weighted by atomic mass is 10.2. The van der Waals surface area contributed by atoms with E-state index in [1.807, 2.05) is 18.2 Å². The van der Waals surface area contributed by atoms with E-state index in [1.54, 1.807) is 7.11 Å². The molecule has 3 nitrogen and oxygen atoms in total. The molecule has 0 atom stereocenters. The maximum Gasteiger partial charge on any atom is 0.161 e. The van der Waals surface area contributed by atoms with Gasteiger partial charge >= 0.3 is 0 Å². The van der Waals surface area contributed by atoms with Gasteiger partial charge in [0.05, 0.1) is 7.11 Å². The third-order valence-corrected chi connectivity index (χ3v) is 2.42. The summed E-state index contributed by atoms with van der Waals surface area (Å²) in [6.45, 7) is 8.02. The van der Waals surface area contributed by atoms with Gasteiger partial charge < -0.3 is 14.8 Å². The van der Waals surface area contributed by atoms with Crippen molar-refractivity contribution in [2.24, 2.45) is 0 Å². The molecule has 1 rings (SSSR count). The van der Waals surface area contributed by atoms with Crippen molar-refractivity contribution in [1.82, 2.24) is 5.32 Å². The molecule has 1 N–H and O–H groups in total. The Labute approximate surface area is 111 Å². The van der Waals surface area contributed by atoms with Gasteiger partial charge in [-0.2, -0.15) is 0 Å². The van der Waals surface area contributed by atoms with Crippen molar-refractivity contribution in [3.63, 3.8) is 0 Å². The van der Waals surface area contributed by atoms with Crippen LogP contribution in [0.3, 0.4) is 0 Å². The fourth-order valence-corrected chi connectivity index (χ4v) is 1.48. The molecular weight excluding hydrogens is 282 g/mol. The lowest BCUT2D eigenvalue weighted by Gasteiger charge is -2.12. The summed E-state index contributed by atoms with van der Waals surface area (Å²) in [5, 5.41) is 3.27. The normalized spacial score (nSPS) is 10.1. The molecule has 0 saturated carbocycles. The topological polar surface area (TPSA) is 30.5 Å². The van der Waals surface area contributed by atoms with E-state index in [2.05, 4.69) is 34.7 Å². The van der Waals surface area contributed by atoms with Crippen molar-refractivity contribution in [2.75, 3.05) is 20.3 Å². The fraction of sp³-hybridized carbons (Fsp3) is 0.385. The number of benzene rings is 1. The summed E-state index contributed by atoms with van der Waals surface area (Å²) in [4.78, 5) is 0. The quantitative estimate of drug-likeness (QED) is 0.839. The van der Waals surface area contributed by atoms with Crippen LogP contribution >= 0.6 is 15.9 Å². The number of rotatable bonds is 7. The van der Waals surface area contributed by atoms with E-state index in [0.29, 0.717) is 6.61 Å². The van der Waals surface area contributed by atoms with Crippen LogP contribution in [0.5, 0.6) is 11.5 Å². The number of hydrogen-bond donors (Lipinski definition) is 1. The summed E-state index contributed by atoms with van der Waals surface area (Å²) in [7, 11) is 1.64. The lowest BCUT2D eigenvalue weighted by molar-refractivity contribution is 0.324. The molecular formula is C13H18BrNO2. The Balaban J connectivity index is 2.74. The minimum Gasteiger partial charge on any atom is -0.493 e. The summed E-state index contributed by atoms with van der Waals surface area (Å²) in [6, 6.07) is 5.92. The van der Waals surface area contributed by atoms with Crippen LogP contribution < -0.4 is 14.8 Å². The van der Waals surface area contributed by atoms with E-state index in [0.717, 1.165) is 29.1 Å². The van der Waals surface area contributed by atoms with Crippen molar-refractivity contribution in [2.45, 2.75) is 13.5 Å². The Morgan fingerprint density at radius 1 is 1.41 bits per heavy atom. The first-order valence-electron chi connectivity index (χ1n) is 5.51. The average molecular weight is 300 g/mol. The first kappa shape index (κ1) is 14.1. The number of nitrogens with one attached hydrogen (secondary N) is 1. The van der Waals surface area contributed by atoms with E-state index in [4.69, 9.17) is 9.47 Å². The highest BCUT2D eigenvalue weighted by Gasteiger charge is 2.05. The standard InChI is InChI=1S/C13H18BrNO2/c1-4-15-8-11-5-6-12(13(7-11)16-3)17-9-10(2)14/h5-7,15H,2,4,8-9H2,1,3H3. The molecule has 0 aromatic heterocycles. The molecule has 0 amide bonds. The van der Waals surface area contributed by atoms with Crippen LogP contribution in [-0.2, 0) is 6.54 Å². The van der Waals surface area contributed by atoms with E-state index in [9.17, 15) is 0 Å². The number of halogens is 1. The monoisotopic (exact) mass is 299 g/mol. The van der Waals surface area contributed by atoms with Crippen molar-refractivity contribution in [3.05, 3.63) is 34.8 Å². The molecule has 0 aliphatic heterocycles. The molecule has 4 heteroatoms. The van der Waals surface area contributed by atoms with Crippen LogP contribution in [0.4, 0.5) is 0 Å². The van der Waals surface area contributed by atoms with Gasteiger partial charge in [0.15, 0.2) is 11.5 Å². The summed E-state index contributed by atoms with van der Waals surface area (Å²) in [6.07, 6.45) is 0. The number of methoxy groups -OCH3 is 1. The van der Waals surface area contributed by atoms with E-state index < -0.39 is 0 Å². The molecule has 0 fully saturated rings. The van der Waals surface area contributed by atoms with Gasteiger partial charge in [-0.1, -0.05) is 35.5 Å². The van der Waals surface area contributed by atoms with Gasteiger partial charge in [0.2, 0.25) is 0 Å². The third-order valence-electron chi connectivity index (χ3n) is 2.19. The van der Waals surface area contributed by atoms with Crippen LogP contribution in [0, 0.1) is 0 Å². The van der Waals surface area contributed by atoms with Gasteiger partial charge in [0.1, 0.15) is 6.61 Å². The lowest BCUT2D eigenvalue weighted by Crippen LogP contribution is -2.11. The first-order valence-corrected chi connectivity index (χ1v) is 6.30. The van der Waals surface area contributed by atoms with Crippen molar-refractivity contribution in [1.29, 1.82) is 0 Å². The van der Waals surface area contributed by atoms with E-state index in [-0.39, 0.29) is 0 Å². The molecule has 94 valence electrons. The largest absolute Gasteiger partial charge is 0.493 e. The molecule has 0 radical (unpaired) electrons. The minimum absolute atomic E-state index is 0.433. The molecule has 0 bridgehead atoms. The van der Waals surface area contributed by atoms with E-state index in [1.165, 1.54) is 5.56 Å². The molecule has 1 aromatic carbocycles. The maximum atomic E-state index is 5.56. The summed E-state index contributed by atoms with van der Waals surface area (Å²) < 4.78 is 11.7. The highest BCUT2D eigenvalue weighted by molar-refractivity contribution is 9.11. The fourth-order valence-electron chi connectivity index (χ4n) is 1.37. The van der Waals surface area contributed by atoms with Gasteiger partial charge in [0, 0.05) is 11.0 Å². The molecule has 0 spiro atoms. The second-order valence-corrected chi connectivity index (χ2v) is 4.69. The highest BCUT2D eigenvalue weighted by atomic mass is 79.9. The Hall–Kier alpha value is -1.00. The smallest absolute Gasteiger partial charge is 0.161 e. The number of ether oxygens (including phenoxy) is 2. The Bertz CT molecular complexity index is 380. The predicted octanol–water partition coefficient (Wildman–Crippen LogP) is 3.09. The summed E-state index contributed by atoms with van der Waals surface area (Å²) in [5.41, 5.74) is 1.17. The zero-order valence-corrected chi connectivity index (χ0v) is 11.8. The third kappa shape index (κ3) is 4.79. The highest BCUT2D eigenvalue weighted by Crippen LogP contribution is 2.28. The van der Waals surface area contributed by atoms with Crippen LogP contribution in [0.15, 0.2) is 29.3 Å². The van der Waals surface area contributed by atoms with Gasteiger partial charge in [-0.15, -0.1) is 0 Å². The Morgan fingerprint density at radius 2 is 2.18 bits per heavy atom. The summed E-state index contributed by atoms with van der Waals surface area (Å²) >= 11 is 3.26. The predicted molar refractivity (Wildman–Crippen MR) is 73.9 cm³/mol. The Kier molecular flexibility index (Phi) is 6.08. The van der Waals surface area contributed by atoms with Crippen LogP contribution in [0.25, 0.3) is 0 Å². The van der Waals surface area contributed by atoms with Crippen LogP contribution in [0.2, 0.25) is 0 Å². The van der Waals surface area contributed by atoms with Crippen LogP contribution in [-0.4, -0.2) is 20.3 Å². The van der Waals surface area contributed by atoms with E-state index >= 15 is 0 Å².